The largest absolute Gasteiger partial charge is 0.343 e. The summed E-state index contributed by atoms with van der Waals surface area (Å²) in [7, 11) is 8.04. The van der Waals surface area contributed by atoms with Crippen molar-refractivity contribution < 1.29 is 19.2 Å². The highest BCUT2D eigenvalue weighted by molar-refractivity contribution is 5.90. The van der Waals surface area contributed by atoms with Gasteiger partial charge in [0.25, 0.3) is 0 Å². The minimum Gasteiger partial charge on any atom is -0.343 e. The molecule has 744 valence electrons. The molecule has 8 nitrogen and oxygen atoms in total. The van der Waals surface area contributed by atoms with E-state index in [4.69, 9.17) is 0 Å². The minimum absolute atomic E-state index is 0.200. The molecule has 0 N–H and O–H groups in total. The van der Waals surface area contributed by atoms with E-state index < -0.39 is 0 Å². The summed E-state index contributed by atoms with van der Waals surface area (Å²) >= 11 is 0. The van der Waals surface area contributed by atoms with Crippen molar-refractivity contribution in [2.24, 2.45) is 124 Å². The van der Waals surface area contributed by atoms with Crippen molar-refractivity contribution in [2.45, 2.75) is 352 Å². The number of rotatable bonds is 8. The Morgan fingerprint density at radius 3 is 0.950 bits per heavy atom. The van der Waals surface area contributed by atoms with E-state index in [0.717, 1.165) is 78.9 Å². The summed E-state index contributed by atoms with van der Waals surface area (Å²) in [6.45, 7) is 38.5. The number of hydrogen-bond donors (Lipinski definition) is 0. The number of amides is 4. The summed E-state index contributed by atoms with van der Waals surface area (Å²) in [5, 5.41) is 10.9. The molecule has 0 heterocycles. The number of allylic oxidation sites excluding steroid dienone is 6. The molecule has 4 amide bonds. The molecule has 12 fully saturated rings. The van der Waals surface area contributed by atoms with Crippen molar-refractivity contribution in [1.29, 1.82) is 0 Å². The predicted octanol–water partition coefficient (Wildman–Crippen LogP) is 32.5. The zero-order valence-corrected chi connectivity index (χ0v) is 89.8. The van der Waals surface area contributed by atoms with E-state index in [1.54, 1.807) is 61.1 Å². The zero-order chi connectivity index (χ0) is 98.3. The lowest BCUT2D eigenvalue weighted by Crippen LogP contribution is -2.59. The van der Waals surface area contributed by atoms with Crippen LogP contribution in [0, 0.1) is 124 Å². The van der Waals surface area contributed by atoms with E-state index in [0.29, 0.717) is 90.7 Å². The molecular weight excluding hydrogens is 1710 g/mol. The van der Waals surface area contributed by atoms with Crippen LogP contribution in [0.4, 0.5) is 0 Å². The van der Waals surface area contributed by atoms with Crippen molar-refractivity contribution >= 4 is 77.9 Å². The molecule has 0 spiro atoms. The Morgan fingerprint density at radius 1 is 0.257 bits per heavy atom. The number of carbonyl (C=O) groups is 4. The molecule has 28 atom stereocenters. The quantitative estimate of drug-likeness (QED) is 0.142. The highest BCUT2D eigenvalue weighted by atomic mass is 16.2. The Balaban J connectivity index is 0.000000111. The Kier molecular flexibility index (Phi) is 25.0. The molecule has 8 heteroatoms. The molecule has 16 aliphatic rings. The van der Waals surface area contributed by atoms with Gasteiger partial charge in [-0.15, -0.1) is 0 Å². The molecule has 0 unspecified atom stereocenters. The predicted molar refractivity (Wildman–Crippen MR) is 582 cm³/mol. The van der Waals surface area contributed by atoms with Gasteiger partial charge in [-0.3, -0.25) is 19.2 Å². The van der Waals surface area contributed by atoms with Crippen LogP contribution in [0.3, 0.4) is 0 Å². The van der Waals surface area contributed by atoms with Gasteiger partial charge in [0.1, 0.15) is 0 Å². The van der Waals surface area contributed by atoms with Gasteiger partial charge in [-0.25, -0.2) is 0 Å². The van der Waals surface area contributed by atoms with Crippen LogP contribution in [0.1, 0.15) is 350 Å². The van der Waals surface area contributed by atoms with Crippen LogP contribution in [0.5, 0.6) is 0 Å². The topological polar surface area (TPSA) is 81.2 Å². The van der Waals surface area contributed by atoms with Crippen LogP contribution in [0.15, 0.2) is 205 Å². The summed E-state index contributed by atoms with van der Waals surface area (Å²) in [5.74, 6) is 10.00. The van der Waals surface area contributed by atoms with E-state index in [-0.39, 0.29) is 39.9 Å². The number of nitrogens with zero attached hydrogens (tertiary/aromatic N) is 4. The highest BCUT2D eigenvalue weighted by Gasteiger charge is 2.70. The second kappa shape index (κ2) is 35.8. The monoisotopic (exact) mass is 1880 g/mol. The van der Waals surface area contributed by atoms with Gasteiger partial charge in [0, 0.05) is 80.1 Å². The van der Waals surface area contributed by atoms with Crippen LogP contribution >= 0.6 is 0 Å². The average molecular weight is 1880 g/mol. The molecule has 0 aliphatic heterocycles. The molecule has 0 saturated heterocycles. The fourth-order valence-electron chi connectivity index (χ4n) is 39.5. The summed E-state index contributed by atoms with van der Waals surface area (Å²) in [6.07, 6.45) is 51.3. The van der Waals surface area contributed by atoms with E-state index >= 15 is 0 Å². The van der Waals surface area contributed by atoms with Crippen molar-refractivity contribution in [3.63, 3.8) is 0 Å². The maximum atomic E-state index is 12.1. The van der Waals surface area contributed by atoms with E-state index in [1.165, 1.54) is 234 Å². The van der Waals surface area contributed by atoms with Crippen LogP contribution in [-0.2, 0) is 19.2 Å². The normalized spacial score (nSPS) is 40.4. The fourth-order valence-corrected chi connectivity index (χ4v) is 39.5. The molecule has 0 radical (unpaired) electrons. The first-order chi connectivity index (χ1) is 66.7. The van der Waals surface area contributed by atoms with Crippen LogP contribution in [0.25, 0.3) is 54.2 Å². The van der Waals surface area contributed by atoms with Crippen molar-refractivity contribution in [2.75, 3.05) is 28.2 Å². The van der Waals surface area contributed by atoms with Gasteiger partial charge in [0.2, 0.25) is 23.6 Å². The Hall–Kier alpha value is -8.36. The molecule has 0 bridgehead atoms. The van der Waals surface area contributed by atoms with Crippen LogP contribution in [-0.4, -0.2) is 95.6 Å². The molecule has 8 aromatic rings. The summed E-state index contributed by atoms with van der Waals surface area (Å²) < 4.78 is 0. The number of benzene rings is 8. The highest BCUT2D eigenvalue weighted by Crippen LogP contribution is 2.79. The van der Waals surface area contributed by atoms with E-state index in [9.17, 15) is 19.2 Å². The first-order valence-corrected chi connectivity index (χ1v) is 56.4. The molecule has 16 aliphatic carbocycles. The minimum atomic E-state index is 0.200. The summed E-state index contributed by atoms with van der Waals surface area (Å²) in [4.78, 5) is 56.3. The molecule has 24 rings (SSSR count). The number of fused-ring (bicyclic) bond motifs is 24. The van der Waals surface area contributed by atoms with Gasteiger partial charge >= 0.3 is 0 Å². The van der Waals surface area contributed by atoms with Crippen LogP contribution in [0.2, 0.25) is 0 Å². The van der Waals surface area contributed by atoms with Gasteiger partial charge in [0.15, 0.2) is 0 Å². The first-order valence-electron chi connectivity index (χ1n) is 56.4. The maximum Gasteiger partial charge on any atom is 0.219 e. The fraction of sp³-hybridized carbons (Fsp3) is 0.606. The third-order valence-corrected chi connectivity index (χ3v) is 47.6. The Morgan fingerprint density at radius 2 is 0.550 bits per heavy atom. The van der Waals surface area contributed by atoms with E-state index in [1.807, 2.05) is 47.8 Å². The third-order valence-electron chi connectivity index (χ3n) is 47.6. The first kappa shape index (κ1) is 97.7. The van der Waals surface area contributed by atoms with Gasteiger partial charge in [-0.1, -0.05) is 276 Å². The van der Waals surface area contributed by atoms with Crippen molar-refractivity contribution in [3.05, 3.63) is 228 Å². The lowest BCUT2D eigenvalue weighted by atomic mass is 9.39. The zero-order valence-electron chi connectivity index (χ0n) is 89.8. The lowest BCUT2D eigenvalue weighted by Gasteiger charge is -2.66. The Bertz CT molecular complexity index is 6140. The van der Waals surface area contributed by atoms with E-state index in [2.05, 4.69) is 277 Å². The maximum absolute atomic E-state index is 12.1. The van der Waals surface area contributed by atoms with Gasteiger partial charge in [-0.2, -0.15) is 0 Å². The molecule has 8 aromatic carbocycles. The van der Waals surface area contributed by atoms with Crippen molar-refractivity contribution in [1.82, 2.24) is 19.6 Å². The average Bonchev–Trinajstić information content (AvgIpc) is 1.43. The Labute approximate surface area is 843 Å². The second-order valence-corrected chi connectivity index (χ2v) is 53.1. The molecule has 140 heavy (non-hydrogen) atoms. The van der Waals surface area contributed by atoms with Gasteiger partial charge in [-0.05, 0) is 430 Å². The van der Waals surface area contributed by atoms with Crippen LogP contribution < -0.4 is 0 Å². The lowest BCUT2D eigenvalue weighted by molar-refractivity contribution is -0.168. The SMILES string of the molecule is CC(=O)N(C)[C@@H]1CC[C@@]2(C)C(=CC[C@@]3(C)[C@@H]4CC[C@H](c5ccc6ccccc6c5)[C@@]4(C)CC[C@@H]32)C1.CC(=O)N(C)[C@@H]1CC[C@@]2(C)C(=CC[C@]3(C)[C@@H]2CC[C@]2(C)C(c4ccc5ccccc5c4)=CC[C@@H]32)C1.CC(=O)N(C)[C@@H]1CC[C@@]2(C)[C@@H](CC[C@]3(C)[C@@H]2CC[C@@]2(C)[C@H]3CC[C@@H]2c2ccc3ccccc3c2)C1.CC(=O)N(C)[C@@H]1CC[C@@]2(C)[C@@H](CC[C@]3(C)[C@@H]2CC[C@]2(C)C(c4ccc5ccccc5c4)=CC[C@@H]32)C1. The molecular formula is C132H172N4O4. The van der Waals surface area contributed by atoms with Crippen molar-refractivity contribution in [3.8, 4) is 0 Å². The third kappa shape index (κ3) is 15.5. The van der Waals surface area contributed by atoms with Gasteiger partial charge < -0.3 is 19.6 Å². The second-order valence-electron chi connectivity index (χ2n) is 53.1. The number of hydrogen-bond acceptors (Lipinski definition) is 4. The summed E-state index contributed by atoms with van der Waals surface area (Å²) in [6, 6.07) is 65.7. The van der Waals surface area contributed by atoms with Gasteiger partial charge in [0.05, 0.1) is 0 Å². The molecule has 0 aromatic heterocycles. The molecule has 12 saturated carbocycles. The smallest absolute Gasteiger partial charge is 0.219 e. The number of carbonyl (C=O) groups excluding carboxylic acids is 4. The summed E-state index contributed by atoms with van der Waals surface area (Å²) in [5.41, 5.74) is 17.0. The standard InChI is InChI=1S/C33H45NO.2C33H43NO.C33H41NO/c4*1-22(35)34(5)27-15-18-31(2)26(21-27)14-17-33(4)29-13-12-28(32(29,3)19-16-30(31)33)25-11-10-23-8-6-7-9-24(23)20-25/h6-11,20,26-30H,12-19,21H2,1-5H3;6-11,14,20,27-30H,12-13,15-19,21H2,1-5H3;6-12,20,26-27,29-30H,13-19,21H2,1-5H3;6-12,14,20,27,29-30H,13,15-19,21H2,1-5H3/t26-,27+,28+,29+,30+,31-,32+,33-;27-,28-,29-,30-,31+,32-,33+;26-,27+,29+,30+,31-,32+,33-;27-,29-,30-,31+,32-,33+/m0101/s1.